The number of thiocarbonyl (C=S) groups is 1. The molecule has 26 heavy (non-hydrogen) atoms. The Bertz CT molecular complexity index is 648. The Morgan fingerprint density at radius 3 is 2.81 bits per heavy atom. The first-order valence-electron chi connectivity index (χ1n) is 10.2. The molecule has 0 spiro atoms. The maximum absolute atomic E-state index is 10.6. The number of aliphatic hydroxyl groups excluding tert-OH is 1. The second kappa shape index (κ2) is 6.89. The van der Waals surface area contributed by atoms with E-state index in [1.165, 1.54) is 43.9 Å². The summed E-state index contributed by atoms with van der Waals surface area (Å²) >= 11 is 6.73. The molecule has 0 amide bonds. The van der Waals surface area contributed by atoms with Crippen LogP contribution in [0.4, 0.5) is 0 Å². The molecular weight excluding hydrogens is 360 g/mol. The smallest absolute Gasteiger partial charge is 0.153 e. The van der Waals surface area contributed by atoms with E-state index in [9.17, 15) is 5.11 Å². The van der Waals surface area contributed by atoms with E-state index in [0.717, 1.165) is 40.6 Å². The Morgan fingerprint density at radius 2 is 2.04 bits per heavy atom. The molecule has 0 heterocycles. The highest BCUT2D eigenvalue weighted by Gasteiger charge is 2.59. The molecule has 144 valence electrons. The number of allylic oxidation sites excluding steroid dienone is 2. The molecule has 7 atom stereocenters. The number of fused-ring (bicyclic) bond motifs is 5. The maximum Gasteiger partial charge on any atom is 0.153 e. The fourth-order valence-electron chi connectivity index (χ4n) is 6.87. The van der Waals surface area contributed by atoms with E-state index in [-0.39, 0.29) is 16.9 Å². The average molecular weight is 393 g/mol. The third-order valence-electron chi connectivity index (χ3n) is 8.48. The van der Waals surface area contributed by atoms with Crippen LogP contribution in [-0.2, 0) is 0 Å². The summed E-state index contributed by atoms with van der Waals surface area (Å²) in [6, 6.07) is 0. The van der Waals surface area contributed by atoms with E-state index in [1.54, 1.807) is 0 Å². The monoisotopic (exact) mass is 392 g/mol. The van der Waals surface area contributed by atoms with E-state index >= 15 is 0 Å². The highest BCUT2D eigenvalue weighted by atomic mass is 32.2. The minimum absolute atomic E-state index is 0.0778. The lowest BCUT2D eigenvalue weighted by Crippen LogP contribution is -2.53. The van der Waals surface area contributed by atoms with Crippen molar-refractivity contribution < 1.29 is 5.11 Å². The molecule has 5 unspecified atom stereocenters. The number of hydrogen-bond acceptors (Lipinski definition) is 4. The number of hydrogen-bond donors (Lipinski definition) is 2. The molecule has 0 aromatic rings. The van der Waals surface area contributed by atoms with E-state index in [0.29, 0.717) is 5.92 Å². The van der Waals surface area contributed by atoms with Gasteiger partial charge in [-0.3, -0.25) is 5.43 Å². The van der Waals surface area contributed by atoms with Gasteiger partial charge in [-0.15, -0.1) is 0 Å². The molecule has 3 saturated carbocycles. The van der Waals surface area contributed by atoms with E-state index in [4.69, 9.17) is 12.2 Å². The van der Waals surface area contributed by atoms with Gasteiger partial charge in [0.1, 0.15) is 0 Å². The van der Waals surface area contributed by atoms with Crippen molar-refractivity contribution in [3.05, 3.63) is 12.2 Å². The van der Waals surface area contributed by atoms with Crippen LogP contribution in [0, 0.1) is 34.5 Å². The van der Waals surface area contributed by atoms with Gasteiger partial charge >= 0.3 is 0 Å². The SMILES string of the molecule is CSC(=S)N/N=C1\C=C[C@@]2(C)C(CCC3C2CC[C@]2(C)C(O)CCC32)C1. The fourth-order valence-corrected chi connectivity index (χ4v) is 7.05. The summed E-state index contributed by atoms with van der Waals surface area (Å²) in [5, 5.41) is 15.1. The number of nitrogens with zero attached hydrogens (tertiary/aromatic N) is 1. The lowest BCUT2D eigenvalue weighted by molar-refractivity contribution is -0.0913. The molecule has 4 aliphatic carbocycles. The van der Waals surface area contributed by atoms with Crippen molar-refractivity contribution in [2.75, 3.05) is 6.26 Å². The molecule has 5 heteroatoms. The summed E-state index contributed by atoms with van der Waals surface area (Å²) in [5.74, 6) is 2.96. The van der Waals surface area contributed by atoms with Gasteiger partial charge in [0.05, 0.1) is 11.8 Å². The van der Waals surface area contributed by atoms with Gasteiger partial charge < -0.3 is 5.11 Å². The van der Waals surface area contributed by atoms with Crippen molar-refractivity contribution in [3.8, 4) is 0 Å². The van der Waals surface area contributed by atoms with E-state index in [1.807, 2.05) is 6.26 Å². The third-order valence-corrected chi connectivity index (χ3v) is 9.53. The van der Waals surface area contributed by atoms with E-state index < -0.39 is 0 Å². The van der Waals surface area contributed by atoms with Gasteiger partial charge in [-0.05, 0) is 91.8 Å². The van der Waals surface area contributed by atoms with Crippen LogP contribution in [0.5, 0.6) is 0 Å². The van der Waals surface area contributed by atoms with Crippen molar-refractivity contribution in [2.24, 2.45) is 39.6 Å². The molecule has 0 aliphatic heterocycles. The average Bonchev–Trinajstić information content (AvgIpc) is 2.94. The van der Waals surface area contributed by atoms with Gasteiger partial charge in [-0.25, -0.2) is 0 Å². The van der Waals surface area contributed by atoms with Gasteiger partial charge in [-0.1, -0.05) is 43.9 Å². The maximum atomic E-state index is 10.6. The first-order chi connectivity index (χ1) is 12.4. The summed E-state index contributed by atoms with van der Waals surface area (Å²) in [4.78, 5) is 0. The lowest BCUT2D eigenvalue weighted by atomic mass is 9.46. The molecule has 0 saturated heterocycles. The standard InChI is InChI=1S/C21H32N2OS2/c1-20-10-8-14(22-23-19(25)26-3)12-13(20)4-5-15-16-6-7-18(24)21(16,2)11-9-17(15)20/h8,10,13,15-18,24H,4-7,9,11-12H2,1-3H3,(H,23,25)/b22-14+/t13?,15?,16?,17?,18?,20-,21-/m0/s1. The predicted molar refractivity (Wildman–Crippen MR) is 114 cm³/mol. The van der Waals surface area contributed by atoms with Crippen LogP contribution in [0.2, 0.25) is 0 Å². The summed E-state index contributed by atoms with van der Waals surface area (Å²) in [6.45, 7) is 4.86. The Morgan fingerprint density at radius 1 is 1.23 bits per heavy atom. The van der Waals surface area contributed by atoms with Crippen LogP contribution < -0.4 is 5.43 Å². The Balaban J connectivity index is 1.56. The highest BCUT2D eigenvalue weighted by Crippen LogP contribution is 2.65. The number of nitrogens with one attached hydrogen (secondary N) is 1. The minimum Gasteiger partial charge on any atom is -0.393 e. The molecule has 3 nitrogen and oxygen atoms in total. The van der Waals surface area contributed by atoms with Crippen LogP contribution in [0.1, 0.15) is 58.8 Å². The highest BCUT2D eigenvalue weighted by molar-refractivity contribution is 8.22. The second-order valence-corrected chi connectivity index (χ2v) is 10.9. The summed E-state index contributed by atoms with van der Waals surface area (Å²) < 4.78 is 0.731. The molecule has 0 aromatic carbocycles. The first kappa shape index (κ1) is 18.9. The normalized spacial score (nSPS) is 48.6. The van der Waals surface area contributed by atoms with Crippen molar-refractivity contribution in [1.82, 2.24) is 5.43 Å². The molecule has 0 bridgehead atoms. The van der Waals surface area contributed by atoms with Crippen LogP contribution in [0.3, 0.4) is 0 Å². The second-order valence-electron chi connectivity index (χ2n) is 9.40. The largest absolute Gasteiger partial charge is 0.393 e. The molecule has 4 rings (SSSR count). The quantitative estimate of drug-likeness (QED) is 0.499. The summed E-state index contributed by atoms with van der Waals surface area (Å²) in [6.07, 6.45) is 15.0. The van der Waals surface area contributed by atoms with Crippen LogP contribution in [-0.4, -0.2) is 27.5 Å². The zero-order valence-corrected chi connectivity index (χ0v) is 17.8. The number of aliphatic hydroxyl groups is 1. The van der Waals surface area contributed by atoms with Crippen LogP contribution in [0.15, 0.2) is 17.3 Å². The Labute approximate surface area is 167 Å². The van der Waals surface area contributed by atoms with Gasteiger partial charge in [-0.2, -0.15) is 5.10 Å². The van der Waals surface area contributed by atoms with Gasteiger partial charge in [0, 0.05) is 0 Å². The molecule has 0 radical (unpaired) electrons. The molecular formula is C21H32N2OS2. The molecule has 0 aromatic heterocycles. The Hall–Kier alpha value is -0.390. The minimum atomic E-state index is -0.0778. The van der Waals surface area contributed by atoms with Gasteiger partial charge in [0.15, 0.2) is 4.32 Å². The van der Waals surface area contributed by atoms with Gasteiger partial charge in [0.2, 0.25) is 0 Å². The fraction of sp³-hybridized carbons (Fsp3) is 0.810. The third kappa shape index (κ3) is 2.89. The predicted octanol–water partition coefficient (Wildman–Crippen LogP) is 4.76. The number of rotatable bonds is 1. The lowest BCUT2D eigenvalue weighted by Gasteiger charge is -2.58. The van der Waals surface area contributed by atoms with Crippen molar-refractivity contribution >= 4 is 34.0 Å². The summed E-state index contributed by atoms with van der Waals surface area (Å²) in [5.41, 5.74) is 4.61. The molecule has 4 aliphatic rings. The van der Waals surface area contributed by atoms with E-state index in [2.05, 4.69) is 36.5 Å². The zero-order chi connectivity index (χ0) is 18.5. The zero-order valence-electron chi connectivity index (χ0n) is 16.2. The number of thioether (sulfide) groups is 1. The van der Waals surface area contributed by atoms with Crippen molar-refractivity contribution in [3.63, 3.8) is 0 Å². The molecule has 3 fully saturated rings. The van der Waals surface area contributed by atoms with Crippen LogP contribution in [0.25, 0.3) is 0 Å². The first-order valence-corrected chi connectivity index (χ1v) is 11.8. The van der Waals surface area contributed by atoms with Gasteiger partial charge in [0.25, 0.3) is 0 Å². The number of hydrazone groups is 1. The van der Waals surface area contributed by atoms with Crippen molar-refractivity contribution in [1.29, 1.82) is 0 Å². The summed E-state index contributed by atoms with van der Waals surface area (Å²) in [7, 11) is 0. The van der Waals surface area contributed by atoms with Crippen molar-refractivity contribution in [2.45, 2.75) is 64.9 Å². The van der Waals surface area contributed by atoms with Crippen LogP contribution >= 0.6 is 24.0 Å². The molecule has 2 N–H and O–H groups in total. The topological polar surface area (TPSA) is 44.6 Å². The Kier molecular flexibility index (Phi) is 5.02.